The third kappa shape index (κ3) is 2.64. The van der Waals surface area contributed by atoms with Crippen LogP contribution in [0.4, 0.5) is 0 Å². The van der Waals surface area contributed by atoms with Gasteiger partial charge in [0, 0.05) is 23.4 Å². The minimum atomic E-state index is 0.995. The van der Waals surface area contributed by atoms with E-state index in [0.29, 0.717) is 0 Å². The van der Waals surface area contributed by atoms with Gasteiger partial charge in [0.25, 0.3) is 0 Å². The van der Waals surface area contributed by atoms with E-state index in [2.05, 4.69) is 34.2 Å². The Bertz CT molecular complexity index is 356. The summed E-state index contributed by atoms with van der Waals surface area (Å²) in [5.41, 5.74) is 2.56. The topological polar surface area (TPSA) is 28.7 Å². The van der Waals surface area contributed by atoms with Gasteiger partial charge in [-0.15, -0.1) is 0 Å². The van der Waals surface area contributed by atoms with Crippen molar-refractivity contribution >= 4 is 11.8 Å². The highest BCUT2D eigenvalue weighted by atomic mass is 32.2. The highest BCUT2D eigenvalue weighted by Crippen LogP contribution is 2.15. The van der Waals surface area contributed by atoms with E-state index in [-0.39, 0.29) is 0 Å². The van der Waals surface area contributed by atoms with Gasteiger partial charge in [0.05, 0.1) is 6.33 Å². The Morgan fingerprint density at radius 1 is 1.14 bits per heavy atom. The molecule has 0 atom stereocenters. The summed E-state index contributed by atoms with van der Waals surface area (Å²) in [7, 11) is 0. The molecule has 1 aromatic carbocycles. The van der Waals surface area contributed by atoms with Crippen molar-refractivity contribution in [3.8, 4) is 0 Å². The van der Waals surface area contributed by atoms with Crippen LogP contribution in [0.1, 0.15) is 11.3 Å². The second-order valence-electron chi connectivity index (χ2n) is 3.06. The van der Waals surface area contributed by atoms with Gasteiger partial charge >= 0.3 is 0 Å². The minimum Gasteiger partial charge on any atom is -0.348 e. The summed E-state index contributed by atoms with van der Waals surface area (Å²) in [5, 5.41) is 0. The van der Waals surface area contributed by atoms with Crippen LogP contribution in [0.25, 0.3) is 0 Å². The molecule has 1 heterocycles. The summed E-state index contributed by atoms with van der Waals surface area (Å²) in [6.07, 6.45) is 3.59. The number of rotatable bonds is 4. The highest BCUT2D eigenvalue weighted by Gasteiger charge is 1.95. The van der Waals surface area contributed by atoms with E-state index >= 15 is 0 Å². The summed E-state index contributed by atoms with van der Waals surface area (Å²) in [4.78, 5) is 7.07. The quantitative estimate of drug-likeness (QED) is 0.829. The van der Waals surface area contributed by atoms with Gasteiger partial charge in [-0.25, -0.2) is 4.98 Å². The van der Waals surface area contributed by atoms with Crippen LogP contribution in [-0.4, -0.2) is 9.97 Å². The molecule has 0 aliphatic heterocycles. The number of benzene rings is 1. The molecular weight excluding hydrogens is 192 g/mol. The summed E-state index contributed by atoms with van der Waals surface area (Å²) in [5.74, 6) is 2.05. The standard InChI is InChI=1S/C11H12N2S/c1-2-4-10(5-3-1)7-14-8-11-6-12-9-13-11/h1-6,9H,7-8H2,(H,12,13). The number of hydrogen-bond acceptors (Lipinski definition) is 2. The number of H-pyrrole nitrogens is 1. The van der Waals surface area contributed by atoms with Crippen LogP contribution >= 0.6 is 11.8 Å². The molecule has 0 spiro atoms. The van der Waals surface area contributed by atoms with E-state index in [1.807, 2.05) is 24.0 Å². The fourth-order valence-electron chi connectivity index (χ4n) is 1.22. The third-order valence-electron chi connectivity index (χ3n) is 1.92. The van der Waals surface area contributed by atoms with Crippen molar-refractivity contribution in [2.24, 2.45) is 0 Å². The molecule has 72 valence electrons. The van der Waals surface area contributed by atoms with Crippen LogP contribution in [0.15, 0.2) is 42.9 Å². The second kappa shape index (κ2) is 4.86. The number of hydrogen-bond donors (Lipinski definition) is 1. The van der Waals surface area contributed by atoms with Crippen molar-refractivity contribution in [1.82, 2.24) is 9.97 Å². The van der Waals surface area contributed by atoms with Crippen molar-refractivity contribution in [2.45, 2.75) is 11.5 Å². The summed E-state index contributed by atoms with van der Waals surface area (Å²) >= 11 is 1.89. The molecule has 0 aliphatic rings. The zero-order chi connectivity index (χ0) is 9.64. The van der Waals surface area contributed by atoms with Gasteiger partial charge in [0.2, 0.25) is 0 Å². The van der Waals surface area contributed by atoms with Gasteiger partial charge in [-0.2, -0.15) is 11.8 Å². The van der Waals surface area contributed by atoms with Gasteiger partial charge in [0.15, 0.2) is 0 Å². The second-order valence-corrected chi connectivity index (χ2v) is 4.04. The predicted molar refractivity (Wildman–Crippen MR) is 60.0 cm³/mol. The van der Waals surface area contributed by atoms with Crippen LogP contribution in [0.2, 0.25) is 0 Å². The van der Waals surface area contributed by atoms with Crippen LogP contribution < -0.4 is 0 Å². The lowest BCUT2D eigenvalue weighted by Crippen LogP contribution is -1.82. The monoisotopic (exact) mass is 204 g/mol. The maximum absolute atomic E-state index is 3.98. The smallest absolute Gasteiger partial charge is 0.0921 e. The summed E-state index contributed by atoms with van der Waals surface area (Å²) in [6.45, 7) is 0. The Hall–Kier alpha value is -1.22. The van der Waals surface area contributed by atoms with Crippen molar-refractivity contribution in [3.05, 3.63) is 54.1 Å². The maximum atomic E-state index is 3.98. The molecule has 3 heteroatoms. The minimum absolute atomic E-state index is 0.995. The summed E-state index contributed by atoms with van der Waals surface area (Å²) in [6, 6.07) is 10.5. The lowest BCUT2D eigenvalue weighted by atomic mass is 10.2. The molecule has 0 aliphatic carbocycles. The predicted octanol–water partition coefficient (Wildman–Crippen LogP) is 2.84. The first-order valence-electron chi connectivity index (χ1n) is 4.54. The van der Waals surface area contributed by atoms with Gasteiger partial charge in [-0.05, 0) is 5.56 Å². The molecular formula is C11H12N2S. The molecule has 14 heavy (non-hydrogen) atoms. The van der Waals surface area contributed by atoms with Gasteiger partial charge < -0.3 is 4.98 Å². The largest absolute Gasteiger partial charge is 0.348 e. The van der Waals surface area contributed by atoms with E-state index in [9.17, 15) is 0 Å². The molecule has 0 radical (unpaired) electrons. The normalized spacial score (nSPS) is 10.3. The number of nitrogens with zero attached hydrogens (tertiary/aromatic N) is 1. The Balaban J connectivity index is 1.79. The number of imidazole rings is 1. The van der Waals surface area contributed by atoms with Crippen molar-refractivity contribution in [2.75, 3.05) is 0 Å². The van der Waals surface area contributed by atoms with Crippen LogP contribution in [0.5, 0.6) is 0 Å². The number of aromatic amines is 1. The Morgan fingerprint density at radius 2 is 2.00 bits per heavy atom. The van der Waals surface area contributed by atoms with Crippen molar-refractivity contribution < 1.29 is 0 Å². The molecule has 0 bridgehead atoms. The average molecular weight is 204 g/mol. The highest BCUT2D eigenvalue weighted by molar-refractivity contribution is 7.97. The maximum Gasteiger partial charge on any atom is 0.0921 e. The number of thioether (sulfide) groups is 1. The first-order chi connectivity index (χ1) is 6.95. The molecule has 0 saturated heterocycles. The van der Waals surface area contributed by atoms with Crippen LogP contribution in [-0.2, 0) is 11.5 Å². The van der Waals surface area contributed by atoms with E-state index < -0.39 is 0 Å². The van der Waals surface area contributed by atoms with E-state index in [4.69, 9.17) is 0 Å². The Kier molecular flexibility index (Phi) is 3.24. The van der Waals surface area contributed by atoms with Crippen molar-refractivity contribution in [1.29, 1.82) is 0 Å². The zero-order valence-electron chi connectivity index (χ0n) is 7.81. The van der Waals surface area contributed by atoms with Crippen LogP contribution in [0.3, 0.4) is 0 Å². The summed E-state index contributed by atoms with van der Waals surface area (Å²) < 4.78 is 0. The zero-order valence-corrected chi connectivity index (χ0v) is 8.63. The average Bonchev–Trinajstić information content (AvgIpc) is 2.72. The number of nitrogens with one attached hydrogen (secondary N) is 1. The number of aromatic nitrogens is 2. The van der Waals surface area contributed by atoms with Crippen molar-refractivity contribution in [3.63, 3.8) is 0 Å². The molecule has 1 N–H and O–H groups in total. The molecule has 0 amide bonds. The third-order valence-corrected chi connectivity index (χ3v) is 2.98. The SMILES string of the molecule is c1ccc(CSCc2cnc[nH]2)cc1. The molecule has 0 unspecified atom stereocenters. The van der Waals surface area contributed by atoms with Crippen LogP contribution in [0, 0.1) is 0 Å². The van der Waals surface area contributed by atoms with E-state index in [1.165, 1.54) is 11.3 Å². The molecule has 2 aromatic rings. The van der Waals surface area contributed by atoms with Gasteiger partial charge in [-0.3, -0.25) is 0 Å². The molecule has 0 fully saturated rings. The molecule has 2 nitrogen and oxygen atoms in total. The Morgan fingerprint density at radius 3 is 2.71 bits per heavy atom. The lowest BCUT2D eigenvalue weighted by molar-refractivity contribution is 1.22. The van der Waals surface area contributed by atoms with Gasteiger partial charge in [0.1, 0.15) is 0 Å². The lowest BCUT2D eigenvalue weighted by Gasteiger charge is -1.99. The molecule has 1 aromatic heterocycles. The first-order valence-corrected chi connectivity index (χ1v) is 5.69. The first kappa shape index (κ1) is 9.34. The fourth-order valence-corrected chi connectivity index (χ4v) is 2.12. The fraction of sp³-hybridized carbons (Fsp3) is 0.182. The van der Waals surface area contributed by atoms with E-state index in [1.54, 1.807) is 6.33 Å². The Labute approximate surface area is 87.8 Å². The van der Waals surface area contributed by atoms with E-state index in [0.717, 1.165) is 11.5 Å². The van der Waals surface area contributed by atoms with Gasteiger partial charge in [-0.1, -0.05) is 30.3 Å². The molecule has 2 rings (SSSR count). The molecule has 0 saturated carbocycles.